The Labute approximate surface area is 144 Å². The zero-order chi connectivity index (χ0) is 17.2. The Hall–Kier alpha value is -1.68. The Balaban J connectivity index is 1.73. The van der Waals surface area contributed by atoms with Crippen LogP contribution in [0.5, 0.6) is 0 Å². The third-order valence-corrected chi connectivity index (χ3v) is 5.85. The van der Waals surface area contributed by atoms with Crippen molar-refractivity contribution < 1.29 is 9.59 Å². The van der Waals surface area contributed by atoms with Crippen molar-refractivity contribution in [2.75, 3.05) is 32.7 Å². The lowest BCUT2D eigenvalue weighted by Crippen LogP contribution is -2.53. The predicted octanol–water partition coefficient (Wildman–Crippen LogP) is 2.69. The minimum Gasteiger partial charge on any atom is -0.336 e. The number of piperidine rings is 2. The van der Waals surface area contributed by atoms with Crippen molar-refractivity contribution in [2.45, 2.75) is 39.0 Å². The van der Waals surface area contributed by atoms with E-state index in [0.717, 1.165) is 45.6 Å². The van der Waals surface area contributed by atoms with Crippen LogP contribution >= 0.6 is 0 Å². The van der Waals surface area contributed by atoms with Gasteiger partial charge in [-0.05, 0) is 42.7 Å². The molecule has 0 radical (unpaired) electrons. The Bertz CT molecular complexity index is 591. The first kappa shape index (κ1) is 17.2. The van der Waals surface area contributed by atoms with Crippen LogP contribution in [-0.2, 0) is 9.59 Å². The summed E-state index contributed by atoms with van der Waals surface area (Å²) in [5.41, 5.74) is 1.71. The van der Waals surface area contributed by atoms with Gasteiger partial charge >= 0.3 is 0 Å². The molecule has 1 amide bonds. The first-order valence-corrected chi connectivity index (χ1v) is 9.10. The lowest BCUT2D eigenvalue weighted by molar-refractivity contribution is -0.145. The molecule has 1 spiro atoms. The molecular weight excluding hydrogens is 300 g/mol. The summed E-state index contributed by atoms with van der Waals surface area (Å²) in [5, 5.41) is 0. The smallest absolute Gasteiger partial charge is 0.289 e. The second-order valence-corrected chi connectivity index (χ2v) is 7.49. The molecule has 2 aliphatic rings. The van der Waals surface area contributed by atoms with Gasteiger partial charge in [-0.2, -0.15) is 0 Å². The molecule has 1 atom stereocenters. The van der Waals surface area contributed by atoms with Crippen molar-refractivity contribution in [2.24, 2.45) is 5.41 Å². The van der Waals surface area contributed by atoms with E-state index in [4.69, 9.17) is 0 Å². The van der Waals surface area contributed by atoms with E-state index in [2.05, 4.69) is 42.2 Å². The minimum atomic E-state index is -0.341. The molecule has 0 aliphatic carbocycles. The molecule has 0 aromatic heterocycles. The molecule has 0 saturated carbocycles. The number of carbonyl (C=O) groups is 2. The minimum absolute atomic E-state index is 0.280. The number of likely N-dealkylation sites (N-methyl/N-ethyl adjacent to an activating group) is 1. The standard InChI is InChI=1S/C20H28N2O2/c1-3-21-14-18(17-7-5-4-6-8-17)13-20(15-21)9-11-22(12-10-20)19(24)16(2)23/h4-8,18H,3,9-15H2,1-2H3. The molecule has 0 N–H and O–H groups in total. The fraction of sp³-hybridized carbons (Fsp3) is 0.600. The van der Waals surface area contributed by atoms with E-state index in [-0.39, 0.29) is 17.1 Å². The molecule has 4 heteroatoms. The molecule has 2 saturated heterocycles. The third-order valence-electron chi connectivity index (χ3n) is 5.85. The van der Waals surface area contributed by atoms with Crippen molar-refractivity contribution in [3.63, 3.8) is 0 Å². The molecule has 1 unspecified atom stereocenters. The number of Topliss-reactive ketones (excluding diaryl/α,β-unsaturated/α-hetero) is 1. The highest BCUT2D eigenvalue weighted by molar-refractivity contribution is 6.35. The van der Waals surface area contributed by atoms with Gasteiger partial charge < -0.3 is 9.80 Å². The Kier molecular flexibility index (Phi) is 5.04. The molecule has 0 bridgehead atoms. The number of nitrogens with zero attached hydrogens (tertiary/aromatic N) is 2. The van der Waals surface area contributed by atoms with Crippen LogP contribution in [0.2, 0.25) is 0 Å². The van der Waals surface area contributed by atoms with Crippen molar-refractivity contribution in [1.82, 2.24) is 9.80 Å². The summed E-state index contributed by atoms with van der Waals surface area (Å²) in [5.74, 6) is -0.0884. The molecule has 3 rings (SSSR count). The average Bonchev–Trinajstić information content (AvgIpc) is 2.62. The van der Waals surface area contributed by atoms with Crippen LogP contribution in [0.4, 0.5) is 0 Å². The average molecular weight is 328 g/mol. The number of ketones is 1. The van der Waals surface area contributed by atoms with Crippen molar-refractivity contribution >= 4 is 11.7 Å². The zero-order valence-electron chi connectivity index (χ0n) is 14.8. The molecule has 130 valence electrons. The number of likely N-dealkylation sites (tertiary alicyclic amines) is 2. The van der Waals surface area contributed by atoms with Gasteiger partial charge in [0.2, 0.25) is 5.78 Å². The van der Waals surface area contributed by atoms with Gasteiger partial charge in [0.15, 0.2) is 0 Å². The Morgan fingerprint density at radius 1 is 1.17 bits per heavy atom. The Morgan fingerprint density at radius 3 is 2.42 bits per heavy atom. The van der Waals surface area contributed by atoms with Crippen LogP contribution in [-0.4, -0.2) is 54.2 Å². The number of hydrogen-bond acceptors (Lipinski definition) is 3. The van der Waals surface area contributed by atoms with E-state index in [0.29, 0.717) is 5.92 Å². The molecule has 1 aromatic carbocycles. The van der Waals surface area contributed by atoms with Gasteiger partial charge in [-0.1, -0.05) is 37.3 Å². The van der Waals surface area contributed by atoms with Crippen LogP contribution < -0.4 is 0 Å². The first-order chi connectivity index (χ1) is 11.5. The maximum absolute atomic E-state index is 11.9. The quantitative estimate of drug-likeness (QED) is 0.801. The first-order valence-electron chi connectivity index (χ1n) is 9.10. The van der Waals surface area contributed by atoms with Crippen LogP contribution in [0, 0.1) is 5.41 Å². The molecule has 2 aliphatic heterocycles. The molecule has 4 nitrogen and oxygen atoms in total. The number of hydrogen-bond donors (Lipinski definition) is 0. The van der Waals surface area contributed by atoms with Gasteiger partial charge in [0, 0.05) is 33.1 Å². The molecular formula is C20H28N2O2. The second-order valence-electron chi connectivity index (χ2n) is 7.49. The van der Waals surface area contributed by atoms with E-state index < -0.39 is 0 Å². The third kappa shape index (κ3) is 3.54. The van der Waals surface area contributed by atoms with Gasteiger partial charge in [-0.15, -0.1) is 0 Å². The Morgan fingerprint density at radius 2 is 1.83 bits per heavy atom. The van der Waals surface area contributed by atoms with Crippen LogP contribution in [0.25, 0.3) is 0 Å². The lowest BCUT2D eigenvalue weighted by Gasteiger charge is -2.50. The summed E-state index contributed by atoms with van der Waals surface area (Å²) in [6.07, 6.45) is 3.20. The topological polar surface area (TPSA) is 40.6 Å². The number of carbonyl (C=O) groups excluding carboxylic acids is 2. The SMILES string of the molecule is CCN1CC(c2ccccc2)CC2(CCN(C(=O)C(C)=O)CC2)C1. The van der Waals surface area contributed by atoms with Crippen molar-refractivity contribution in [3.8, 4) is 0 Å². The summed E-state index contributed by atoms with van der Waals surface area (Å²) < 4.78 is 0. The summed E-state index contributed by atoms with van der Waals surface area (Å²) in [4.78, 5) is 27.6. The summed E-state index contributed by atoms with van der Waals surface area (Å²) in [7, 11) is 0. The summed E-state index contributed by atoms with van der Waals surface area (Å²) in [6.45, 7) is 8.36. The summed E-state index contributed by atoms with van der Waals surface area (Å²) >= 11 is 0. The highest BCUT2D eigenvalue weighted by Gasteiger charge is 2.42. The lowest BCUT2D eigenvalue weighted by atomic mass is 9.68. The van der Waals surface area contributed by atoms with Crippen molar-refractivity contribution in [1.29, 1.82) is 0 Å². The fourth-order valence-corrected chi connectivity index (χ4v) is 4.46. The highest BCUT2D eigenvalue weighted by atomic mass is 16.2. The van der Waals surface area contributed by atoms with Gasteiger partial charge in [0.25, 0.3) is 5.91 Å². The van der Waals surface area contributed by atoms with Crippen LogP contribution in [0.1, 0.15) is 44.6 Å². The van der Waals surface area contributed by atoms with E-state index in [1.165, 1.54) is 18.9 Å². The van der Waals surface area contributed by atoms with E-state index >= 15 is 0 Å². The molecule has 2 heterocycles. The summed E-state index contributed by atoms with van der Waals surface area (Å²) in [6, 6.07) is 10.8. The molecule has 1 aromatic rings. The van der Waals surface area contributed by atoms with Crippen LogP contribution in [0.3, 0.4) is 0 Å². The van der Waals surface area contributed by atoms with E-state index in [1.807, 2.05) is 0 Å². The van der Waals surface area contributed by atoms with Gasteiger partial charge in [0.1, 0.15) is 0 Å². The molecule has 2 fully saturated rings. The highest BCUT2D eigenvalue weighted by Crippen LogP contribution is 2.45. The van der Waals surface area contributed by atoms with E-state index in [1.54, 1.807) is 4.90 Å². The van der Waals surface area contributed by atoms with Gasteiger partial charge in [-0.3, -0.25) is 9.59 Å². The maximum Gasteiger partial charge on any atom is 0.289 e. The zero-order valence-corrected chi connectivity index (χ0v) is 14.8. The predicted molar refractivity (Wildman–Crippen MR) is 94.8 cm³/mol. The van der Waals surface area contributed by atoms with Crippen molar-refractivity contribution in [3.05, 3.63) is 35.9 Å². The fourth-order valence-electron chi connectivity index (χ4n) is 4.46. The van der Waals surface area contributed by atoms with E-state index in [9.17, 15) is 9.59 Å². The second kappa shape index (κ2) is 7.06. The monoisotopic (exact) mass is 328 g/mol. The van der Waals surface area contributed by atoms with Gasteiger partial charge in [-0.25, -0.2) is 0 Å². The number of amides is 1. The molecule has 24 heavy (non-hydrogen) atoms. The van der Waals surface area contributed by atoms with Gasteiger partial charge in [0.05, 0.1) is 0 Å². The number of benzene rings is 1. The maximum atomic E-state index is 11.9. The number of rotatable bonds is 3. The largest absolute Gasteiger partial charge is 0.336 e. The van der Waals surface area contributed by atoms with Crippen LogP contribution in [0.15, 0.2) is 30.3 Å². The normalized spacial score (nSPS) is 24.1.